The first-order valence-corrected chi connectivity index (χ1v) is 7.78. The molecule has 0 saturated carbocycles. The third-order valence-electron chi connectivity index (χ3n) is 3.52. The van der Waals surface area contributed by atoms with Gasteiger partial charge >= 0.3 is 11.6 Å². The average Bonchev–Trinajstić information content (AvgIpc) is 2.60. The quantitative estimate of drug-likeness (QED) is 0.340. The van der Waals surface area contributed by atoms with Gasteiger partial charge < -0.3 is 14.9 Å². The molecule has 24 heavy (non-hydrogen) atoms. The van der Waals surface area contributed by atoms with E-state index in [1.54, 1.807) is 36.4 Å². The van der Waals surface area contributed by atoms with Crippen LogP contribution in [0.5, 0.6) is 5.75 Å². The average molecular weight is 344 g/mol. The fourth-order valence-corrected chi connectivity index (χ4v) is 2.46. The molecule has 1 aromatic heterocycles. The van der Waals surface area contributed by atoms with Gasteiger partial charge in [0, 0.05) is 17.8 Å². The lowest BCUT2D eigenvalue weighted by molar-refractivity contribution is 0.0730. The summed E-state index contributed by atoms with van der Waals surface area (Å²) < 4.78 is 10.4. The number of carbonyl (C=O) groups excluding carboxylic acids is 1. The summed E-state index contributed by atoms with van der Waals surface area (Å²) >= 11 is 5.80. The van der Waals surface area contributed by atoms with Crippen LogP contribution in [0.15, 0.2) is 57.7 Å². The zero-order valence-corrected chi connectivity index (χ0v) is 13.4. The lowest BCUT2D eigenvalue weighted by atomic mass is 10.1. The number of ether oxygens (including phenoxy) is 1. The molecular formula is C18H14ClNO4. The summed E-state index contributed by atoms with van der Waals surface area (Å²) in [5, 5.41) is 0.607. The van der Waals surface area contributed by atoms with Crippen molar-refractivity contribution in [2.45, 2.75) is 12.4 Å². The van der Waals surface area contributed by atoms with Gasteiger partial charge in [-0.2, -0.15) is 0 Å². The second kappa shape index (κ2) is 6.86. The molecule has 2 N–H and O–H groups in total. The van der Waals surface area contributed by atoms with Crippen LogP contribution < -0.4 is 16.1 Å². The van der Waals surface area contributed by atoms with Gasteiger partial charge in [-0.15, -0.1) is 11.6 Å². The van der Waals surface area contributed by atoms with Crippen molar-refractivity contribution in [3.8, 4) is 5.75 Å². The summed E-state index contributed by atoms with van der Waals surface area (Å²) in [4.78, 5) is 24.3. The van der Waals surface area contributed by atoms with Crippen LogP contribution in [0.25, 0.3) is 11.0 Å². The molecule has 0 atom stereocenters. The Kier molecular flexibility index (Phi) is 4.64. The van der Waals surface area contributed by atoms with Crippen molar-refractivity contribution in [1.82, 2.24) is 0 Å². The van der Waals surface area contributed by atoms with E-state index in [0.29, 0.717) is 29.1 Å². The SMILES string of the molecule is NCc1cccc(OC(=O)c2cc3cc(CCl)ccc3oc2=O)c1. The third-order valence-corrected chi connectivity index (χ3v) is 3.82. The number of alkyl halides is 1. The number of hydrogen-bond acceptors (Lipinski definition) is 5. The number of halogens is 1. The Morgan fingerprint density at radius 2 is 1.96 bits per heavy atom. The van der Waals surface area contributed by atoms with Crippen molar-refractivity contribution >= 4 is 28.5 Å². The van der Waals surface area contributed by atoms with Crippen molar-refractivity contribution in [3.05, 3.63) is 75.6 Å². The molecule has 6 heteroatoms. The monoisotopic (exact) mass is 343 g/mol. The Morgan fingerprint density at radius 1 is 1.12 bits per heavy atom. The predicted octanol–water partition coefficient (Wildman–Crippen LogP) is 3.21. The first kappa shape index (κ1) is 16.2. The molecular weight excluding hydrogens is 330 g/mol. The molecule has 1 heterocycles. The van der Waals surface area contributed by atoms with Crippen LogP contribution in [0.2, 0.25) is 0 Å². The maximum Gasteiger partial charge on any atom is 0.351 e. The maximum absolute atomic E-state index is 12.3. The van der Waals surface area contributed by atoms with Gasteiger partial charge in [0.25, 0.3) is 0 Å². The fourth-order valence-electron chi connectivity index (χ4n) is 2.30. The van der Waals surface area contributed by atoms with Crippen LogP contribution in [-0.4, -0.2) is 5.97 Å². The Morgan fingerprint density at radius 3 is 2.71 bits per heavy atom. The summed E-state index contributed by atoms with van der Waals surface area (Å²) in [6.07, 6.45) is 0. The molecule has 0 aliphatic carbocycles. The normalized spacial score (nSPS) is 10.8. The van der Waals surface area contributed by atoms with Crippen LogP contribution in [0.4, 0.5) is 0 Å². The highest BCUT2D eigenvalue weighted by atomic mass is 35.5. The minimum atomic E-state index is -0.781. The number of rotatable bonds is 4. The maximum atomic E-state index is 12.3. The molecule has 0 saturated heterocycles. The van der Waals surface area contributed by atoms with Gasteiger partial charge in [-0.05, 0) is 41.5 Å². The van der Waals surface area contributed by atoms with Gasteiger partial charge in [0.05, 0.1) is 0 Å². The largest absolute Gasteiger partial charge is 0.423 e. The molecule has 0 radical (unpaired) electrons. The smallest absolute Gasteiger partial charge is 0.351 e. The first-order chi connectivity index (χ1) is 11.6. The number of esters is 1. The van der Waals surface area contributed by atoms with Crippen molar-refractivity contribution in [3.63, 3.8) is 0 Å². The van der Waals surface area contributed by atoms with Gasteiger partial charge in [-0.3, -0.25) is 0 Å². The summed E-state index contributed by atoms with van der Waals surface area (Å²) in [7, 11) is 0. The van der Waals surface area contributed by atoms with Crippen molar-refractivity contribution in [2.75, 3.05) is 0 Å². The zero-order chi connectivity index (χ0) is 17.1. The minimum Gasteiger partial charge on any atom is -0.423 e. The van der Waals surface area contributed by atoms with E-state index in [2.05, 4.69) is 0 Å². The summed E-state index contributed by atoms with van der Waals surface area (Å²) in [6.45, 7) is 0.324. The molecule has 122 valence electrons. The molecule has 0 bridgehead atoms. The van der Waals surface area contributed by atoms with Crippen LogP contribution >= 0.6 is 11.6 Å². The van der Waals surface area contributed by atoms with Crippen LogP contribution in [-0.2, 0) is 12.4 Å². The van der Waals surface area contributed by atoms with E-state index in [9.17, 15) is 9.59 Å². The number of benzene rings is 2. The van der Waals surface area contributed by atoms with Gasteiger partial charge in [0.15, 0.2) is 0 Å². The van der Waals surface area contributed by atoms with E-state index < -0.39 is 11.6 Å². The summed E-state index contributed by atoms with van der Waals surface area (Å²) in [5.41, 5.74) is 6.69. The van der Waals surface area contributed by atoms with Gasteiger partial charge in [-0.1, -0.05) is 18.2 Å². The molecule has 0 unspecified atom stereocenters. The van der Waals surface area contributed by atoms with Crippen molar-refractivity contribution < 1.29 is 13.9 Å². The Bertz CT molecular complexity index is 965. The van der Waals surface area contributed by atoms with E-state index in [1.807, 2.05) is 6.07 Å². The van der Waals surface area contributed by atoms with Crippen molar-refractivity contribution in [2.24, 2.45) is 5.73 Å². The highest BCUT2D eigenvalue weighted by molar-refractivity contribution is 6.17. The van der Waals surface area contributed by atoms with E-state index in [4.69, 9.17) is 26.5 Å². The highest BCUT2D eigenvalue weighted by Crippen LogP contribution is 2.19. The number of carbonyl (C=O) groups is 1. The predicted molar refractivity (Wildman–Crippen MR) is 91.3 cm³/mol. The van der Waals surface area contributed by atoms with Crippen LogP contribution in [0.3, 0.4) is 0 Å². The van der Waals surface area contributed by atoms with Crippen molar-refractivity contribution in [1.29, 1.82) is 0 Å². The molecule has 0 amide bonds. The highest BCUT2D eigenvalue weighted by Gasteiger charge is 2.16. The Balaban J connectivity index is 1.96. The van der Waals surface area contributed by atoms with Gasteiger partial charge in [0.2, 0.25) is 0 Å². The summed E-state index contributed by atoms with van der Waals surface area (Å²) in [5.74, 6) is -0.145. The number of fused-ring (bicyclic) bond motifs is 1. The first-order valence-electron chi connectivity index (χ1n) is 7.24. The van der Waals surface area contributed by atoms with E-state index in [1.165, 1.54) is 6.07 Å². The number of hydrogen-bond donors (Lipinski definition) is 1. The fraction of sp³-hybridized carbons (Fsp3) is 0.111. The molecule has 0 aliphatic heterocycles. The molecule has 3 rings (SSSR count). The lowest BCUT2D eigenvalue weighted by Crippen LogP contribution is -2.18. The minimum absolute atomic E-state index is 0.174. The molecule has 3 aromatic rings. The van der Waals surface area contributed by atoms with E-state index >= 15 is 0 Å². The second-order valence-electron chi connectivity index (χ2n) is 5.19. The lowest BCUT2D eigenvalue weighted by Gasteiger charge is -2.06. The second-order valence-corrected chi connectivity index (χ2v) is 5.46. The standard InChI is InChI=1S/C18H14ClNO4/c19-9-11-4-5-16-13(6-11)8-15(18(22)24-16)17(21)23-14-3-1-2-12(7-14)10-20/h1-8H,9-10,20H2. The molecule has 0 aliphatic rings. The third kappa shape index (κ3) is 3.32. The van der Waals surface area contributed by atoms with E-state index in [0.717, 1.165) is 11.1 Å². The number of nitrogens with two attached hydrogens (primary N) is 1. The van der Waals surface area contributed by atoms with E-state index in [-0.39, 0.29) is 5.56 Å². The molecule has 0 spiro atoms. The Hall–Kier alpha value is -2.63. The molecule has 2 aromatic carbocycles. The van der Waals surface area contributed by atoms with Gasteiger partial charge in [0.1, 0.15) is 16.9 Å². The topological polar surface area (TPSA) is 82.5 Å². The zero-order valence-electron chi connectivity index (χ0n) is 12.6. The van der Waals surface area contributed by atoms with Gasteiger partial charge in [-0.25, -0.2) is 9.59 Å². The molecule has 0 fully saturated rings. The summed E-state index contributed by atoms with van der Waals surface area (Å²) in [6, 6.07) is 13.4. The van der Waals surface area contributed by atoms with Crippen LogP contribution in [0.1, 0.15) is 21.5 Å². The Labute approximate surface area is 142 Å². The molecule has 5 nitrogen and oxygen atoms in total. The van der Waals surface area contributed by atoms with Crippen LogP contribution in [0, 0.1) is 0 Å².